The number of fused-ring (bicyclic) bond motifs is 1. The first-order chi connectivity index (χ1) is 13.9. The number of halogens is 1. The zero-order valence-corrected chi connectivity index (χ0v) is 17.7. The molecule has 0 bridgehead atoms. The van der Waals surface area contributed by atoms with Gasteiger partial charge < -0.3 is 9.47 Å². The van der Waals surface area contributed by atoms with Gasteiger partial charge in [-0.2, -0.15) is 0 Å². The fourth-order valence-electron chi connectivity index (χ4n) is 3.43. The Morgan fingerprint density at radius 3 is 2.76 bits per heavy atom. The van der Waals surface area contributed by atoms with Crippen molar-refractivity contribution in [2.75, 3.05) is 6.54 Å². The lowest BCUT2D eigenvalue weighted by Gasteiger charge is -2.24. The van der Waals surface area contributed by atoms with E-state index >= 15 is 0 Å². The van der Waals surface area contributed by atoms with Crippen molar-refractivity contribution in [1.29, 1.82) is 0 Å². The van der Waals surface area contributed by atoms with Gasteiger partial charge in [-0.25, -0.2) is 14.4 Å². The molecule has 0 saturated carbocycles. The lowest BCUT2D eigenvalue weighted by atomic mass is 10.1. The lowest BCUT2D eigenvalue weighted by molar-refractivity contribution is 0.0728. The van der Waals surface area contributed by atoms with E-state index in [2.05, 4.69) is 30.3 Å². The largest absolute Gasteiger partial charge is 0.331 e. The molecule has 0 fully saturated rings. The number of pyridine rings is 1. The molecule has 0 atom stereocenters. The van der Waals surface area contributed by atoms with Crippen molar-refractivity contribution in [3.63, 3.8) is 0 Å². The van der Waals surface area contributed by atoms with E-state index in [1.807, 2.05) is 12.1 Å². The number of hydrogen-bond donors (Lipinski definition) is 0. The van der Waals surface area contributed by atoms with Crippen LogP contribution in [0, 0.1) is 18.7 Å². The smallest absolute Gasteiger partial charge is 0.254 e. The summed E-state index contributed by atoms with van der Waals surface area (Å²) in [4.78, 5) is 24.3. The van der Waals surface area contributed by atoms with Gasteiger partial charge in [0.1, 0.15) is 17.2 Å². The summed E-state index contributed by atoms with van der Waals surface area (Å²) in [5, 5.41) is 0. The van der Waals surface area contributed by atoms with Gasteiger partial charge in [0.25, 0.3) is 5.91 Å². The Hall–Kier alpha value is -2.76. The second kappa shape index (κ2) is 9.16. The van der Waals surface area contributed by atoms with E-state index < -0.39 is 0 Å². The molecule has 1 aromatic carbocycles. The SMILES string of the molecule is CCCn1c(CN(CCC(C)C)C(=O)c2cccc(F)c2C)nc2cccnc21. The Bertz CT molecular complexity index is 996. The highest BCUT2D eigenvalue weighted by molar-refractivity contribution is 5.95. The quantitative estimate of drug-likeness (QED) is 0.540. The molecule has 0 N–H and O–H groups in total. The van der Waals surface area contributed by atoms with Crippen LogP contribution in [0.25, 0.3) is 11.2 Å². The third-order valence-corrected chi connectivity index (χ3v) is 5.12. The van der Waals surface area contributed by atoms with Gasteiger partial charge in [-0.1, -0.05) is 26.8 Å². The Morgan fingerprint density at radius 1 is 1.24 bits per heavy atom. The Labute approximate surface area is 171 Å². The minimum Gasteiger partial charge on any atom is -0.331 e. The monoisotopic (exact) mass is 396 g/mol. The molecule has 0 aliphatic heterocycles. The molecule has 0 unspecified atom stereocenters. The first-order valence-electron chi connectivity index (χ1n) is 10.3. The van der Waals surface area contributed by atoms with Crippen molar-refractivity contribution in [1.82, 2.24) is 19.4 Å². The molecule has 3 aromatic rings. The van der Waals surface area contributed by atoms with Crippen molar-refractivity contribution in [2.45, 2.75) is 53.6 Å². The number of nitrogens with zero attached hydrogens (tertiary/aromatic N) is 4. The minimum atomic E-state index is -0.359. The minimum absolute atomic E-state index is 0.161. The molecular formula is C23H29FN4O. The summed E-state index contributed by atoms with van der Waals surface area (Å²) in [6.07, 6.45) is 3.57. The number of benzene rings is 1. The number of hydrogen-bond acceptors (Lipinski definition) is 3. The molecule has 0 aliphatic carbocycles. The maximum Gasteiger partial charge on any atom is 0.254 e. The first kappa shape index (κ1) is 21.0. The van der Waals surface area contributed by atoms with E-state index in [0.29, 0.717) is 30.1 Å². The van der Waals surface area contributed by atoms with Crippen LogP contribution >= 0.6 is 0 Å². The molecule has 154 valence electrons. The van der Waals surface area contributed by atoms with Crippen molar-refractivity contribution >= 4 is 17.1 Å². The van der Waals surface area contributed by atoms with Crippen LogP contribution in [0.15, 0.2) is 36.5 Å². The molecule has 29 heavy (non-hydrogen) atoms. The molecule has 0 radical (unpaired) electrons. The van der Waals surface area contributed by atoms with Gasteiger partial charge in [-0.3, -0.25) is 4.79 Å². The molecule has 1 amide bonds. The second-order valence-corrected chi connectivity index (χ2v) is 7.85. The zero-order chi connectivity index (χ0) is 21.0. The van der Waals surface area contributed by atoms with Crippen LogP contribution in [0.5, 0.6) is 0 Å². The Balaban J connectivity index is 1.97. The topological polar surface area (TPSA) is 51.0 Å². The molecule has 2 aromatic heterocycles. The average molecular weight is 397 g/mol. The predicted molar refractivity (Wildman–Crippen MR) is 113 cm³/mol. The normalized spacial score (nSPS) is 11.4. The number of aromatic nitrogens is 3. The fourth-order valence-corrected chi connectivity index (χ4v) is 3.43. The van der Waals surface area contributed by atoms with E-state index in [4.69, 9.17) is 4.98 Å². The number of rotatable bonds is 8. The molecule has 0 saturated heterocycles. The van der Waals surface area contributed by atoms with E-state index in [1.165, 1.54) is 6.07 Å². The van der Waals surface area contributed by atoms with Gasteiger partial charge >= 0.3 is 0 Å². The third-order valence-electron chi connectivity index (χ3n) is 5.12. The number of aryl methyl sites for hydroxylation is 1. The molecule has 5 nitrogen and oxygen atoms in total. The summed E-state index contributed by atoms with van der Waals surface area (Å²) >= 11 is 0. The van der Waals surface area contributed by atoms with E-state index in [1.54, 1.807) is 30.2 Å². The molecule has 0 aliphatic rings. The van der Waals surface area contributed by atoms with Gasteiger partial charge in [0, 0.05) is 24.8 Å². The number of imidazole rings is 1. The summed E-state index contributed by atoms with van der Waals surface area (Å²) in [5.74, 6) is 0.745. The van der Waals surface area contributed by atoms with Crippen LogP contribution in [0.3, 0.4) is 0 Å². The summed E-state index contributed by atoms with van der Waals surface area (Å²) in [7, 11) is 0. The van der Waals surface area contributed by atoms with Gasteiger partial charge in [0.05, 0.1) is 6.54 Å². The first-order valence-corrected chi connectivity index (χ1v) is 10.3. The highest BCUT2D eigenvalue weighted by Gasteiger charge is 2.22. The Morgan fingerprint density at radius 2 is 2.03 bits per heavy atom. The van der Waals surface area contributed by atoms with Crippen LogP contribution in [0.4, 0.5) is 4.39 Å². The molecular weight excluding hydrogens is 367 g/mol. The van der Waals surface area contributed by atoms with Crippen molar-refractivity contribution in [3.8, 4) is 0 Å². The number of amides is 1. The predicted octanol–water partition coefficient (Wildman–Crippen LogP) is 4.98. The standard InChI is InChI=1S/C23H29FN4O/c1-5-13-28-21(26-20-10-7-12-25-22(20)28)15-27(14-11-16(2)3)23(29)18-8-6-9-19(24)17(18)4/h6-10,12,16H,5,11,13-15H2,1-4H3. The molecule has 3 rings (SSSR count). The van der Waals surface area contributed by atoms with Gasteiger partial charge in [-0.05, 0) is 55.5 Å². The maximum absolute atomic E-state index is 14.1. The van der Waals surface area contributed by atoms with Crippen LogP contribution < -0.4 is 0 Å². The summed E-state index contributed by atoms with van der Waals surface area (Å²) in [6.45, 7) is 9.77. The average Bonchev–Trinajstić information content (AvgIpc) is 3.04. The molecule has 2 heterocycles. The van der Waals surface area contributed by atoms with E-state index in [9.17, 15) is 9.18 Å². The molecule has 0 spiro atoms. The van der Waals surface area contributed by atoms with E-state index in [-0.39, 0.29) is 11.7 Å². The van der Waals surface area contributed by atoms with Gasteiger partial charge in [-0.15, -0.1) is 0 Å². The lowest BCUT2D eigenvalue weighted by Crippen LogP contribution is -2.34. The van der Waals surface area contributed by atoms with Gasteiger partial charge in [0.15, 0.2) is 5.65 Å². The highest BCUT2D eigenvalue weighted by Crippen LogP contribution is 2.20. The van der Waals surface area contributed by atoms with Crippen LogP contribution in [0.2, 0.25) is 0 Å². The van der Waals surface area contributed by atoms with E-state index in [0.717, 1.165) is 36.4 Å². The highest BCUT2D eigenvalue weighted by atomic mass is 19.1. The van der Waals surface area contributed by atoms with Crippen molar-refractivity contribution in [3.05, 3.63) is 59.3 Å². The Kier molecular flexibility index (Phi) is 6.62. The maximum atomic E-state index is 14.1. The van der Waals surface area contributed by atoms with Crippen molar-refractivity contribution < 1.29 is 9.18 Å². The van der Waals surface area contributed by atoms with Gasteiger partial charge in [0.2, 0.25) is 0 Å². The van der Waals surface area contributed by atoms with Crippen LogP contribution in [-0.2, 0) is 13.1 Å². The fraction of sp³-hybridized carbons (Fsp3) is 0.435. The zero-order valence-electron chi connectivity index (χ0n) is 17.7. The summed E-state index contributed by atoms with van der Waals surface area (Å²) in [5.41, 5.74) is 2.46. The van der Waals surface area contributed by atoms with Crippen LogP contribution in [-0.4, -0.2) is 31.9 Å². The summed E-state index contributed by atoms with van der Waals surface area (Å²) in [6, 6.07) is 8.48. The van der Waals surface area contributed by atoms with Crippen LogP contribution in [0.1, 0.15) is 55.4 Å². The number of carbonyl (C=O) groups excluding carboxylic acids is 1. The third kappa shape index (κ3) is 4.63. The second-order valence-electron chi connectivity index (χ2n) is 7.85. The molecule has 6 heteroatoms. The summed E-state index contributed by atoms with van der Waals surface area (Å²) < 4.78 is 16.1. The number of carbonyl (C=O) groups is 1. The van der Waals surface area contributed by atoms with Crippen molar-refractivity contribution in [2.24, 2.45) is 5.92 Å².